The molecule has 1 N–H and O–H groups in total. The van der Waals surface area contributed by atoms with E-state index in [1.165, 1.54) is 11.3 Å². The number of thiazole rings is 1. The normalized spacial score (nSPS) is 11.9. The Morgan fingerprint density at radius 3 is 2.87 bits per heavy atom. The van der Waals surface area contributed by atoms with Gasteiger partial charge in [-0.05, 0) is 31.2 Å². The van der Waals surface area contributed by atoms with E-state index in [9.17, 15) is 4.79 Å². The maximum absolute atomic E-state index is 12.2. The van der Waals surface area contributed by atoms with Crippen LogP contribution >= 0.6 is 22.9 Å². The lowest BCUT2D eigenvalue weighted by atomic mass is 10.2. The lowest BCUT2D eigenvalue weighted by molar-refractivity contribution is 0.0935. The van der Waals surface area contributed by atoms with E-state index in [1.54, 1.807) is 30.6 Å². The summed E-state index contributed by atoms with van der Waals surface area (Å²) in [5.74, 6) is -0.280. The molecule has 0 aliphatic heterocycles. The van der Waals surface area contributed by atoms with Gasteiger partial charge in [0.2, 0.25) is 0 Å². The average molecular weight is 345 g/mol. The maximum atomic E-state index is 12.2. The molecule has 1 unspecified atom stereocenters. The molecule has 23 heavy (non-hydrogen) atoms. The van der Waals surface area contributed by atoms with Crippen LogP contribution in [-0.2, 0) is 0 Å². The Labute approximate surface area is 142 Å². The summed E-state index contributed by atoms with van der Waals surface area (Å²) in [4.78, 5) is 24.8. The van der Waals surface area contributed by atoms with Crippen molar-refractivity contribution in [2.75, 3.05) is 0 Å². The zero-order valence-corrected chi connectivity index (χ0v) is 13.8. The van der Waals surface area contributed by atoms with Crippen LogP contribution in [0.2, 0.25) is 5.15 Å². The Bertz CT molecular complexity index is 822. The number of hydrogen-bond acceptors (Lipinski definition) is 5. The van der Waals surface area contributed by atoms with Gasteiger partial charge in [-0.3, -0.25) is 9.78 Å². The van der Waals surface area contributed by atoms with E-state index in [0.29, 0.717) is 5.15 Å². The molecule has 0 radical (unpaired) electrons. The molecule has 116 valence electrons. The number of carbonyl (C=O) groups excluding carboxylic acids is 1. The molecule has 0 saturated carbocycles. The van der Waals surface area contributed by atoms with Crippen LogP contribution in [0.5, 0.6) is 0 Å². The summed E-state index contributed by atoms with van der Waals surface area (Å²) in [6.07, 6.45) is 3.48. The zero-order valence-electron chi connectivity index (χ0n) is 12.2. The highest BCUT2D eigenvalue weighted by atomic mass is 35.5. The predicted molar refractivity (Wildman–Crippen MR) is 90.5 cm³/mol. The third kappa shape index (κ3) is 3.72. The van der Waals surface area contributed by atoms with Crippen LogP contribution in [-0.4, -0.2) is 20.9 Å². The first-order valence-corrected chi connectivity index (χ1v) is 8.18. The number of carbonyl (C=O) groups is 1. The van der Waals surface area contributed by atoms with Gasteiger partial charge in [-0.25, -0.2) is 9.97 Å². The lowest BCUT2D eigenvalue weighted by Gasteiger charge is -2.10. The minimum absolute atomic E-state index is 0.223. The Hall–Kier alpha value is -2.31. The average Bonchev–Trinajstić information content (AvgIpc) is 3.06. The van der Waals surface area contributed by atoms with Crippen LogP contribution in [0.3, 0.4) is 0 Å². The number of hydrogen-bond donors (Lipinski definition) is 1. The van der Waals surface area contributed by atoms with Gasteiger partial charge < -0.3 is 5.32 Å². The van der Waals surface area contributed by atoms with E-state index < -0.39 is 0 Å². The van der Waals surface area contributed by atoms with Gasteiger partial charge in [-0.15, -0.1) is 11.3 Å². The summed E-state index contributed by atoms with van der Waals surface area (Å²) < 4.78 is 0. The van der Waals surface area contributed by atoms with E-state index in [1.807, 2.05) is 24.4 Å². The van der Waals surface area contributed by atoms with Crippen molar-refractivity contribution in [3.8, 4) is 11.3 Å². The third-order valence-electron chi connectivity index (χ3n) is 3.15. The third-order valence-corrected chi connectivity index (χ3v) is 4.38. The summed E-state index contributed by atoms with van der Waals surface area (Å²) in [5.41, 5.74) is 2.08. The van der Waals surface area contributed by atoms with Crippen LogP contribution in [0.25, 0.3) is 11.3 Å². The fraction of sp³-hybridized carbons (Fsp3) is 0.125. The fourth-order valence-electron chi connectivity index (χ4n) is 2.00. The summed E-state index contributed by atoms with van der Waals surface area (Å²) in [5, 5.41) is 5.94. The molecule has 3 aromatic rings. The number of nitrogens with zero attached hydrogens (tertiary/aromatic N) is 3. The van der Waals surface area contributed by atoms with Gasteiger partial charge in [0.05, 0.1) is 11.7 Å². The smallest absolute Gasteiger partial charge is 0.270 e. The van der Waals surface area contributed by atoms with E-state index in [2.05, 4.69) is 20.3 Å². The molecular formula is C16H13ClN4OS. The molecule has 0 aliphatic carbocycles. The molecule has 0 fully saturated rings. The molecule has 0 aliphatic rings. The van der Waals surface area contributed by atoms with Gasteiger partial charge in [0.1, 0.15) is 15.9 Å². The summed E-state index contributed by atoms with van der Waals surface area (Å²) >= 11 is 7.30. The van der Waals surface area contributed by atoms with Crippen molar-refractivity contribution in [2.45, 2.75) is 13.0 Å². The molecule has 7 heteroatoms. The molecule has 0 spiro atoms. The Balaban J connectivity index is 1.73. The molecule has 0 bridgehead atoms. The topological polar surface area (TPSA) is 67.8 Å². The number of amides is 1. The summed E-state index contributed by atoms with van der Waals surface area (Å²) in [7, 11) is 0. The van der Waals surface area contributed by atoms with Crippen molar-refractivity contribution in [1.82, 2.24) is 20.3 Å². The minimum Gasteiger partial charge on any atom is -0.342 e. The van der Waals surface area contributed by atoms with Gasteiger partial charge >= 0.3 is 0 Å². The van der Waals surface area contributed by atoms with Crippen molar-refractivity contribution < 1.29 is 4.79 Å². The first-order chi connectivity index (χ1) is 11.1. The quantitative estimate of drug-likeness (QED) is 0.732. The SMILES string of the molecule is CC(NC(=O)c1cccc(Cl)n1)c1nc(-c2cccnc2)cs1. The number of aromatic nitrogens is 3. The Morgan fingerprint density at radius 2 is 2.13 bits per heavy atom. The molecule has 0 aromatic carbocycles. The molecule has 3 rings (SSSR count). The van der Waals surface area contributed by atoms with Crippen LogP contribution in [0, 0.1) is 0 Å². The molecule has 0 saturated heterocycles. The van der Waals surface area contributed by atoms with Crippen LogP contribution in [0.15, 0.2) is 48.1 Å². The second-order valence-corrected chi connectivity index (χ2v) is 6.13. The highest BCUT2D eigenvalue weighted by molar-refractivity contribution is 7.10. The van der Waals surface area contributed by atoms with Gasteiger partial charge in [0.25, 0.3) is 5.91 Å². The second kappa shape index (κ2) is 6.85. The minimum atomic E-state index is -0.280. The van der Waals surface area contributed by atoms with Gasteiger partial charge in [0.15, 0.2) is 0 Å². The molecule has 1 atom stereocenters. The maximum Gasteiger partial charge on any atom is 0.270 e. The van der Waals surface area contributed by atoms with Crippen LogP contribution < -0.4 is 5.32 Å². The van der Waals surface area contributed by atoms with E-state index >= 15 is 0 Å². The highest BCUT2D eigenvalue weighted by Gasteiger charge is 2.16. The number of nitrogens with one attached hydrogen (secondary N) is 1. The van der Waals surface area contributed by atoms with Gasteiger partial charge in [0, 0.05) is 23.3 Å². The van der Waals surface area contributed by atoms with Crippen LogP contribution in [0.4, 0.5) is 0 Å². The molecule has 3 heterocycles. The summed E-state index contributed by atoms with van der Waals surface area (Å²) in [6, 6.07) is 8.53. The Morgan fingerprint density at radius 1 is 1.26 bits per heavy atom. The first kappa shape index (κ1) is 15.6. The highest BCUT2D eigenvalue weighted by Crippen LogP contribution is 2.25. The predicted octanol–water partition coefficient (Wildman–Crippen LogP) is 3.74. The van der Waals surface area contributed by atoms with E-state index in [4.69, 9.17) is 11.6 Å². The van der Waals surface area contributed by atoms with Crippen molar-refractivity contribution >= 4 is 28.8 Å². The standard InChI is InChI=1S/C16H13ClN4OS/c1-10(19-15(22)12-5-2-6-14(17)20-12)16-21-13(9-23-16)11-4-3-7-18-8-11/h2-10H,1H3,(H,19,22). The number of pyridine rings is 2. The largest absolute Gasteiger partial charge is 0.342 e. The number of rotatable bonds is 4. The monoisotopic (exact) mass is 344 g/mol. The summed E-state index contributed by atoms with van der Waals surface area (Å²) in [6.45, 7) is 1.88. The van der Waals surface area contributed by atoms with Gasteiger partial charge in [-0.2, -0.15) is 0 Å². The Kier molecular flexibility index (Phi) is 4.64. The van der Waals surface area contributed by atoms with Crippen molar-refractivity contribution in [3.63, 3.8) is 0 Å². The fourth-order valence-corrected chi connectivity index (χ4v) is 3.00. The zero-order chi connectivity index (χ0) is 16.2. The number of halogens is 1. The van der Waals surface area contributed by atoms with Crippen molar-refractivity contribution in [2.24, 2.45) is 0 Å². The molecule has 3 aromatic heterocycles. The van der Waals surface area contributed by atoms with Crippen molar-refractivity contribution in [3.05, 3.63) is 64.0 Å². The molecule has 5 nitrogen and oxygen atoms in total. The van der Waals surface area contributed by atoms with E-state index in [0.717, 1.165) is 16.3 Å². The molecule has 1 amide bonds. The molecular weight excluding hydrogens is 332 g/mol. The van der Waals surface area contributed by atoms with Crippen molar-refractivity contribution in [1.29, 1.82) is 0 Å². The van der Waals surface area contributed by atoms with E-state index in [-0.39, 0.29) is 17.6 Å². The first-order valence-electron chi connectivity index (χ1n) is 6.93. The second-order valence-electron chi connectivity index (χ2n) is 4.85. The lowest BCUT2D eigenvalue weighted by Crippen LogP contribution is -2.27. The van der Waals surface area contributed by atoms with Gasteiger partial charge in [-0.1, -0.05) is 17.7 Å². The van der Waals surface area contributed by atoms with Crippen LogP contribution in [0.1, 0.15) is 28.5 Å².